The van der Waals surface area contributed by atoms with Crippen LogP contribution in [0.1, 0.15) is 22.5 Å². The van der Waals surface area contributed by atoms with Crippen LogP contribution in [-0.4, -0.2) is 9.38 Å². The fraction of sp³-hybridized carbons (Fsp3) is 0.125. The molecule has 0 aliphatic heterocycles. The lowest BCUT2D eigenvalue weighted by Crippen LogP contribution is -2.06. The summed E-state index contributed by atoms with van der Waals surface area (Å²) in [4.78, 5) is 4.20. The van der Waals surface area contributed by atoms with Crippen molar-refractivity contribution in [3.05, 3.63) is 70.9 Å². The number of halogens is 4. The quantitative estimate of drug-likeness (QED) is 0.671. The summed E-state index contributed by atoms with van der Waals surface area (Å²) in [6, 6.07) is 9.67. The third-order valence-corrected chi connectivity index (χ3v) is 3.41. The van der Waals surface area contributed by atoms with Gasteiger partial charge in [-0.15, -0.1) is 0 Å². The Balaban J connectivity index is 2.07. The number of alkyl halides is 3. The number of benzene rings is 1. The Labute approximate surface area is 128 Å². The molecule has 0 unspecified atom stereocenters. The molecule has 2 heterocycles. The van der Waals surface area contributed by atoms with E-state index in [9.17, 15) is 22.8 Å². The summed E-state index contributed by atoms with van der Waals surface area (Å²) in [7, 11) is 0. The summed E-state index contributed by atoms with van der Waals surface area (Å²) in [5, 5.41) is 9.27. The van der Waals surface area contributed by atoms with Crippen LogP contribution in [0.2, 0.25) is 0 Å². The molecule has 0 atom stereocenters. The largest absolute Gasteiger partial charge is 0.417 e. The Kier molecular flexibility index (Phi) is 3.52. The van der Waals surface area contributed by atoms with Crippen LogP contribution in [0.25, 0.3) is 5.65 Å². The zero-order valence-corrected chi connectivity index (χ0v) is 11.6. The molecule has 116 valence electrons. The molecule has 0 aliphatic carbocycles. The smallest absolute Gasteiger partial charge is 0.290 e. The van der Waals surface area contributed by atoms with Crippen molar-refractivity contribution >= 4 is 5.65 Å². The van der Waals surface area contributed by atoms with E-state index in [4.69, 9.17) is 0 Å². The van der Waals surface area contributed by atoms with E-state index >= 15 is 0 Å². The van der Waals surface area contributed by atoms with Gasteiger partial charge in [-0.05, 0) is 29.8 Å². The first-order valence-electron chi connectivity index (χ1n) is 6.61. The van der Waals surface area contributed by atoms with E-state index in [0.29, 0.717) is 11.3 Å². The van der Waals surface area contributed by atoms with Crippen molar-refractivity contribution in [2.24, 2.45) is 0 Å². The summed E-state index contributed by atoms with van der Waals surface area (Å²) >= 11 is 0. The minimum absolute atomic E-state index is 0.0374. The molecule has 3 nitrogen and oxygen atoms in total. The predicted molar refractivity (Wildman–Crippen MR) is 74.1 cm³/mol. The molecular weight excluding hydrogens is 310 g/mol. The molecule has 0 bridgehead atoms. The van der Waals surface area contributed by atoms with Crippen molar-refractivity contribution < 1.29 is 17.6 Å². The fourth-order valence-corrected chi connectivity index (χ4v) is 2.30. The lowest BCUT2D eigenvalue weighted by molar-refractivity contribution is -0.137. The van der Waals surface area contributed by atoms with Gasteiger partial charge < -0.3 is 0 Å². The summed E-state index contributed by atoms with van der Waals surface area (Å²) < 4.78 is 52.4. The van der Waals surface area contributed by atoms with Gasteiger partial charge >= 0.3 is 6.18 Å². The number of nitriles is 1. The maximum absolute atomic E-state index is 12.9. The minimum Gasteiger partial charge on any atom is -0.290 e. The van der Waals surface area contributed by atoms with Gasteiger partial charge in [-0.25, -0.2) is 9.37 Å². The minimum atomic E-state index is -4.50. The maximum Gasteiger partial charge on any atom is 0.417 e. The van der Waals surface area contributed by atoms with Crippen LogP contribution in [0.5, 0.6) is 0 Å². The van der Waals surface area contributed by atoms with E-state index in [1.165, 1.54) is 18.2 Å². The number of aromatic nitrogens is 2. The van der Waals surface area contributed by atoms with Crippen LogP contribution >= 0.6 is 0 Å². The molecule has 0 saturated carbocycles. The molecule has 0 spiro atoms. The summed E-state index contributed by atoms with van der Waals surface area (Å²) in [6.07, 6.45) is -3.41. The van der Waals surface area contributed by atoms with Gasteiger partial charge in [0.05, 0.1) is 11.3 Å². The normalized spacial score (nSPS) is 11.6. The van der Waals surface area contributed by atoms with E-state index < -0.39 is 11.7 Å². The summed E-state index contributed by atoms with van der Waals surface area (Å²) in [6.45, 7) is 0. The number of hydrogen-bond acceptors (Lipinski definition) is 2. The zero-order chi connectivity index (χ0) is 16.6. The Morgan fingerprint density at radius 3 is 2.39 bits per heavy atom. The van der Waals surface area contributed by atoms with Gasteiger partial charge in [0.1, 0.15) is 23.2 Å². The molecule has 0 fully saturated rings. The molecule has 0 radical (unpaired) electrons. The van der Waals surface area contributed by atoms with E-state index in [1.807, 2.05) is 6.07 Å². The van der Waals surface area contributed by atoms with Gasteiger partial charge in [0.2, 0.25) is 0 Å². The lowest BCUT2D eigenvalue weighted by atomic mass is 10.1. The second-order valence-corrected chi connectivity index (χ2v) is 4.97. The van der Waals surface area contributed by atoms with E-state index in [2.05, 4.69) is 4.98 Å². The van der Waals surface area contributed by atoms with Gasteiger partial charge in [-0.2, -0.15) is 18.4 Å². The van der Waals surface area contributed by atoms with E-state index in [-0.39, 0.29) is 23.6 Å². The van der Waals surface area contributed by atoms with Gasteiger partial charge in [0.25, 0.3) is 0 Å². The SMILES string of the molecule is N#Cc1c(Cc2ccc(F)cc2)nc2ccc(C(F)(F)F)cn12. The van der Waals surface area contributed by atoms with Crippen molar-refractivity contribution in [2.45, 2.75) is 12.6 Å². The second-order valence-electron chi connectivity index (χ2n) is 4.97. The first kappa shape index (κ1) is 15.0. The average Bonchev–Trinajstić information content (AvgIpc) is 2.84. The highest BCUT2D eigenvalue weighted by atomic mass is 19.4. The van der Waals surface area contributed by atoms with Crippen molar-refractivity contribution in [2.75, 3.05) is 0 Å². The molecule has 0 aliphatic rings. The second kappa shape index (κ2) is 5.39. The number of hydrogen-bond donors (Lipinski definition) is 0. The first-order valence-corrected chi connectivity index (χ1v) is 6.61. The Bertz CT molecular complexity index is 902. The number of nitrogens with zero attached hydrogens (tertiary/aromatic N) is 3. The van der Waals surface area contributed by atoms with Crippen LogP contribution < -0.4 is 0 Å². The third-order valence-electron chi connectivity index (χ3n) is 3.41. The van der Waals surface area contributed by atoms with Gasteiger partial charge in [0, 0.05) is 12.6 Å². The highest BCUT2D eigenvalue weighted by Gasteiger charge is 2.31. The molecular formula is C16H9F4N3. The summed E-state index contributed by atoms with van der Waals surface area (Å²) in [5.74, 6) is -0.390. The topological polar surface area (TPSA) is 41.1 Å². The highest BCUT2D eigenvalue weighted by Crippen LogP contribution is 2.30. The number of imidazole rings is 1. The Morgan fingerprint density at radius 2 is 1.78 bits per heavy atom. The van der Waals surface area contributed by atoms with Gasteiger partial charge in [-0.1, -0.05) is 12.1 Å². The highest BCUT2D eigenvalue weighted by molar-refractivity contribution is 5.49. The molecule has 3 rings (SSSR count). The third kappa shape index (κ3) is 2.88. The number of rotatable bonds is 2. The molecule has 23 heavy (non-hydrogen) atoms. The Hall–Kier alpha value is -2.88. The van der Waals surface area contributed by atoms with Gasteiger partial charge in [0.15, 0.2) is 0 Å². The van der Waals surface area contributed by atoms with Crippen LogP contribution in [0.4, 0.5) is 17.6 Å². The van der Waals surface area contributed by atoms with Crippen molar-refractivity contribution in [1.82, 2.24) is 9.38 Å². The van der Waals surface area contributed by atoms with Gasteiger partial charge in [-0.3, -0.25) is 4.40 Å². The van der Waals surface area contributed by atoms with Crippen LogP contribution in [0, 0.1) is 17.1 Å². The molecule has 7 heteroatoms. The van der Waals surface area contributed by atoms with Crippen LogP contribution in [0.3, 0.4) is 0 Å². The monoisotopic (exact) mass is 319 g/mol. The van der Waals surface area contributed by atoms with E-state index in [0.717, 1.165) is 16.7 Å². The van der Waals surface area contributed by atoms with Crippen molar-refractivity contribution in [1.29, 1.82) is 5.26 Å². The standard InChI is InChI=1S/C16H9F4N3/c17-12-4-1-10(2-5-12)7-13-14(8-21)23-9-11(16(18,19)20)3-6-15(23)22-13/h1-6,9H,7H2. The molecule has 2 aromatic heterocycles. The lowest BCUT2D eigenvalue weighted by Gasteiger charge is -2.06. The number of fused-ring (bicyclic) bond motifs is 1. The molecule has 0 N–H and O–H groups in total. The summed E-state index contributed by atoms with van der Waals surface area (Å²) in [5.41, 5.74) is 0.495. The molecule has 0 amide bonds. The molecule has 0 saturated heterocycles. The Morgan fingerprint density at radius 1 is 1.09 bits per heavy atom. The number of pyridine rings is 1. The first-order chi connectivity index (χ1) is 10.9. The molecule has 3 aromatic rings. The van der Waals surface area contributed by atoms with Crippen LogP contribution in [0.15, 0.2) is 42.6 Å². The zero-order valence-electron chi connectivity index (χ0n) is 11.6. The average molecular weight is 319 g/mol. The molecule has 1 aromatic carbocycles. The maximum atomic E-state index is 12.9. The predicted octanol–water partition coefficient (Wildman–Crippen LogP) is 3.95. The van der Waals surface area contributed by atoms with Crippen molar-refractivity contribution in [3.63, 3.8) is 0 Å². The van der Waals surface area contributed by atoms with Crippen LogP contribution in [-0.2, 0) is 12.6 Å². The van der Waals surface area contributed by atoms with E-state index in [1.54, 1.807) is 12.1 Å². The fourth-order valence-electron chi connectivity index (χ4n) is 2.30. The van der Waals surface area contributed by atoms with Crippen molar-refractivity contribution in [3.8, 4) is 6.07 Å².